The maximum Gasteiger partial charge on any atom is 0.258 e. The van der Waals surface area contributed by atoms with E-state index in [0.29, 0.717) is 18.0 Å². The molecular formula is C26H27FN2O2S. The molecule has 0 bridgehead atoms. The molecule has 2 amide bonds. The highest BCUT2D eigenvalue weighted by Gasteiger charge is 2.19. The van der Waals surface area contributed by atoms with Crippen LogP contribution in [0, 0.1) is 5.82 Å². The van der Waals surface area contributed by atoms with Crippen molar-refractivity contribution in [2.24, 2.45) is 0 Å². The minimum atomic E-state index is -0.570. The summed E-state index contributed by atoms with van der Waals surface area (Å²) >= 11 is 1.43. The van der Waals surface area contributed by atoms with Gasteiger partial charge in [0.25, 0.3) is 5.91 Å². The van der Waals surface area contributed by atoms with Crippen LogP contribution in [0.4, 0.5) is 15.8 Å². The van der Waals surface area contributed by atoms with E-state index in [2.05, 4.69) is 24.5 Å². The SMILES string of the molecule is CCC(Sc1cccc(NC(=O)c2ccccc2F)c1)C(=O)Nc1ccc(C(C)C)cc1. The van der Waals surface area contributed by atoms with Crippen molar-refractivity contribution in [2.45, 2.75) is 43.3 Å². The second-order valence-corrected chi connectivity index (χ2v) is 9.02. The molecule has 6 heteroatoms. The molecule has 0 fully saturated rings. The molecule has 2 N–H and O–H groups in total. The molecule has 0 aromatic heterocycles. The van der Waals surface area contributed by atoms with Crippen LogP contribution in [-0.4, -0.2) is 17.1 Å². The molecule has 0 heterocycles. The summed E-state index contributed by atoms with van der Waals surface area (Å²) in [4.78, 5) is 26.0. The lowest BCUT2D eigenvalue weighted by Crippen LogP contribution is -2.24. The van der Waals surface area contributed by atoms with Gasteiger partial charge in [-0.3, -0.25) is 9.59 Å². The molecule has 0 saturated carbocycles. The Morgan fingerprint density at radius 1 is 0.906 bits per heavy atom. The molecule has 3 rings (SSSR count). The van der Waals surface area contributed by atoms with E-state index in [4.69, 9.17) is 0 Å². The van der Waals surface area contributed by atoms with Crippen molar-refractivity contribution in [3.05, 3.63) is 89.7 Å². The number of anilines is 2. The first-order valence-electron chi connectivity index (χ1n) is 10.6. The predicted octanol–water partition coefficient (Wildman–Crippen LogP) is 6.71. The lowest BCUT2D eigenvalue weighted by Gasteiger charge is -2.16. The topological polar surface area (TPSA) is 58.2 Å². The molecule has 0 aliphatic carbocycles. The number of rotatable bonds is 8. The van der Waals surface area contributed by atoms with E-state index in [1.165, 1.54) is 35.5 Å². The predicted molar refractivity (Wildman–Crippen MR) is 130 cm³/mol. The van der Waals surface area contributed by atoms with Gasteiger partial charge in [0.1, 0.15) is 5.82 Å². The van der Waals surface area contributed by atoms with Crippen molar-refractivity contribution in [3.63, 3.8) is 0 Å². The maximum atomic E-state index is 13.9. The minimum absolute atomic E-state index is 0.0140. The summed E-state index contributed by atoms with van der Waals surface area (Å²) in [6.07, 6.45) is 0.645. The summed E-state index contributed by atoms with van der Waals surface area (Å²) in [5, 5.41) is 5.41. The fraction of sp³-hybridized carbons (Fsp3) is 0.231. The lowest BCUT2D eigenvalue weighted by atomic mass is 10.0. The summed E-state index contributed by atoms with van der Waals surface area (Å²) in [5.41, 5.74) is 2.52. The van der Waals surface area contributed by atoms with Crippen molar-refractivity contribution in [1.82, 2.24) is 0 Å². The quantitative estimate of drug-likeness (QED) is 0.375. The van der Waals surface area contributed by atoms with Gasteiger partial charge >= 0.3 is 0 Å². The average molecular weight is 451 g/mol. The first-order valence-corrected chi connectivity index (χ1v) is 11.5. The first-order chi connectivity index (χ1) is 15.4. The highest BCUT2D eigenvalue weighted by Crippen LogP contribution is 2.29. The molecule has 1 atom stereocenters. The van der Waals surface area contributed by atoms with E-state index >= 15 is 0 Å². The Kier molecular flexibility index (Phi) is 8.06. The normalized spacial score (nSPS) is 11.8. The zero-order chi connectivity index (χ0) is 23.1. The number of carbonyl (C=O) groups is 2. The van der Waals surface area contributed by atoms with Gasteiger partial charge in [-0.2, -0.15) is 0 Å². The van der Waals surface area contributed by atoms with E-state index in [0.717, 1.165) is 10.6 Å². The molecule has 0 aliphatic heterocycles. The van der Waals surface area contributed by atoms with Crippen molar-refractivity contribution in [3.8, 4) is 0 Å². The Morgan fingerprint density at radius 2 is 1.62 bits per heavy atom. The van der Waals surface area contributed by atoms with Gasteiger partial charge in [-0.05, 0) is 60.4 Å². The van der Waals surface area contributed by atoms with Crippen LogP contribution in [-0.2, 0) is 4.79 Å². The van der Waals surface area contributed by atoms with Crippen LogP contribution in [0.2, 0.25) is 0 Å². The van der Waals surface area contributed by atoms with Gasteiger partial charge in [-0.1, -0.05) is 51.1 Å². The molecule has 3 aromatic rings. The molecule has 0 aliphatic rings. The number of nitrogens with one attached hydrogen (secondary N) is 2. The number of thioether (sulfide) groups is 1. The van der Waals surface area contributed by atoms with Crippen molar-refractivity contribution in [1.29, 1.82) is 0 Å². The minimum Gasteiger partial charge on any atom is -0.325 e. The zero-order valence-electron chi connectivity index (χ0n) is 18.4. The number of carbonyl (C=O) groups excluding carboxylic acids is 2. The second-order valence-electron chi connectivity index (χ2n) is 7.74. The number of halogens is 1. The molecule has 166 valence electrons. The van der Waals surface area contributed by atoms with Crippen LogP contribution in [0.5, 0.6) is 0 Å². The van der Waals surface area contributed by atoms with Gasteiger partial charge in [-0.25, -0.2) is 4.39 Å². The van der Waals surface area contributed by atoms with Crippen molar-refractivity contribution >= 4 is 35.0 Å². The molecule has 4 nitrogen and oxygen atoms in total. The van der Waals surface area contributed by atoms with Crippen molar-refractivity contribution < 1.29 is 14.0 Å². The molecule has 0 spiro atoms. The number of amides is 2. The third kappa shape index (κ3) is 6.20. The van der Waals surface area contributed by atoms with Crippen LogP contribution >= 0.6 is 11.8 Å². The summed E-state index contributed by atoms with van der Waals surface area (Å²) in [5.74, 6) is -0.722. The molecule has 32 heavy (non-hydrogen) atoms. The number of hydrogen-bond donors (Lipinski definition) is 2. The highest BCUT2D eigenvalue weighted by atomic mass is 32.2. The van der Waals surface area contributed by atoms with E-state index < -0.39 is 11.7 Å². The Hall–Kier alpha value is -3.12. The van der Waals surface area contributed by atoms with Gasteiger partial charge in [0.2, 0.25) is 5.91 Å². The van der Waals surface area contributed by atoms with Gasteiger partial charge in [0.05, 0.1) is 10.8 Å². The van der Waals surface area contributed by atoms with Crippen molar-refractivity contribution in [2.75, 3.05) is 10.6 Å². The Morgan fingerprint density at radius 3 is 2.28 bits per heavy atom. The molecule has 1 unspecified atom stereocenters. The fourth-order valence-electron chi connectivity index (χ4n) is 3.15. The third-order valence-electron chi connectivity index (χ3n) is 5.00. The molecule has 0 saturated heterocycles. The third-order valence-corrected chi connectivity index (χ3v) is 6.35. The molecule has 0 radical (unpaired) electrons. The smallest absolute Gasteiger partial charge is 0.258 e. The van der Waals surface area contributed by atoms with E-state index in [9.17, 15) is 14.0 Å². The summed E-state index contributed by atoms with van der Waals surface area (Å²) in [7, 11) is 0. The van der Waals surface area contributed by atoms with Gasteiger partial charge in [0.15, 0.2) is 0 Å². The van der Waals surface area contributed by atoms with Gasteiger partial charge < -0.3 is 10.6 Å². The van der Waals surface area contributed by atoms with E-state index in [1.807, 2.05) is 37.3 Å². The van der Waals surface area contributed by atoms with Crippen LogP contribution in [0.15, 0.2) is 77.7 Å². The zero-order valence-corrected chi connectivity index (χ0v) is 19.2. The second kappa shape index (κ2) is 11.0. The number of benzene rings is 3. The van der Waals surface area contributed by atoms with E-state index in [1.54, 1.807) is 24.3 Å². The summed E-state index contributed by atoms with van der Waals surface area (Å²) in [6.45, 7) is 6.22. The van der Waals surface area contributed by atoms with Gasteiger partial charge in [-0.15, -0.1) is 11.8 Å². The Bertz CT molecular complexity index is 1080. The van der Waals surface area contributed by atoms with Crippen LogP contribution in [0.3, 0.4) is 0 Å². The lowest BCUT2D eigenvalue weighted by molar-refractivity contribution is -0.115. The molecular weight excluding hydrogens is 423 g/mol. The number of hydrogen-bond acceptors (Lipinski definition) is 3. The highest BCUT2D eigenvalue weighted by molar-refractivity contribution is 8.00. The van der Waals surface area contributed by atoms with Crippen LogP contribution in [0.25, 0.3) is 0 Å². The summed E-state index contributed by atoms with van der Waals surface area (Å²) in [6, 6.07) is 20.9. The Labute approximate surface area is 192 Å². The van der Waals surface area contributed by atoms with Crippen LogP contribution in [0.1, 0.15) is 49.0 Å². The fourth-order valence-corrected chi connectivity index (χ4v) is 4.16. The summed E-state index contributed by atoms with van der Waals surface area (Å²) < 4.78 is 13.9. The standard InChI is InChI=1S/C26H27FN2O2S/c1-4-24(26(31)28-19-14-12-18(13-15-19)17(2)3)32-21-9-7-8-20(16-21)29-25(30)22-10-5-6-11-23(22)27/h5-17,24H,4H2,1-3H3,(H,28,31)(H,29,30). The first kappa shape index (κ1) is 23.5. The van der Waals surface area contributed by atoms with Gasteiger partial charge in [0, 0.05) is 16.3 Å². The average Bonchev–Trinajstić information content (AvgIpc) is 2.78. The Balaban J connectivity index is 1.65. The van der Waals surface area contributed by atoms with E-state index in [-0.39, 0.29) is 16.7 Å². The molecule has 3 aromatic carbocycles. The maximum absolute atomic E-state index is 13.9. The monoisotopic (exact) mass is 450 g/mol. The van der Waals surface area contributed by atoms with Crippen LogP contribution < -0.4 is 10.6 Å². The largest absolute Gasteiger partial charge is 0.325 e.